The molecule has 0 spiro atoms. The van der Waals surface area contributed by atoms with Crippen LogP contribution in [0.1, 0.15) is 35.3 Å². The van der Waals surface area contributed by atoms with Gasteiger partial charge in [0.05, 0.1) is 10.6 Å². The Morgan fingerprint density at radius 3 is 2.69 bits per heavy atom. The molecule has 0 aliphatic carbocycles. The van der Waals surface area contributed by atoms with Crippen LogP contribution in [0.5, 0.6) is 0 Å². The first-order valence-corrected chi connectivity index (χ1v) is 10.4. The predicted molar refractivity (Wildman–Crippen MR) is 110 cm³/mol. The Morgan fingerprint density at radius 1 is 1.23 bits per heavy atom. The Hall–Kier alpha value is -1.49. The molecule has 0 saturated heterocycles. The van der Waals surface area contributed by atoms with E-state index in [1.807, 2.05) is 18.4 Å². The van der Waals surface area contributed by atoms with Crippen molar-refractivity contribution in [3.8, 4) is 0 Å². The molecule has 1 aliphatic rings. The fraction of sp³-hybridized carbons (Fsp3) is 0.381. The van der Waals surface area contributed by atoms with E-state index in [4.69, 9.17) is 11.6 Å². The lowest BCUT2D eigenvalue weighted by atomic mass is 9.94. The molecule has 0 atom stereocenters. The van der Waals surface area contributed by atoms with E-state index >= 15 is 0 Å². The van der Waals surface area contributed by atoms with Gasteiger partial charge in [-0.2, -0.15) is 0 Å². The lowest BCUT2D eigenvalue weighted by molar-refractivity contribution is 0.0826. The minimum absolute atomic E-state index is 0.114. The zero-order valence-electron chi connectivity index (χ0n) is 15.5. The third kappa shape index (κ3) is 4.25. The minimum atomic E-state index is -0.132. The van der Waals surface area contributed by atoms with E-state index < -0.39 is 0 Å². The van der Waals surface area contributed by atoms with Gasteiger partial charge in [-0.3, -0.25) is 9.69 Å². The second kappa shape index (κ2) is 8.03. The molecule has 1 aliphatic heterocycles. The smallest absolute Gasteiger partial charge is 0.252 e. The highest BCUT2D eigenvalue weighted by molar-refractivity contribution is 7.98. The lowest BCUT2D eigenvalue weighted by Gasteiger charge is -2.41. The fourth-order valence-corrected chi connectivity index (χ4v) is 3.96. The number of carbonyl (C=O) groups is 1. The largest absolute Gasteiger partial charge is 0.350 e. The maximum absolute atomic E-state index is 12.6. The summed E-state index contributed by atoms with van der Waals surface area (Å²) in [7, 11) is 0. The van der Waals surface area contributed by atoms with Crippen LogP contribution in [0.4, 0.5) is 0 Å². The van der Waals surface area contributed by atoms with Crippen molar-refractivity contribution in [3.05, 3.63) is 64.2 Å². The quantitative estimate of drug-likeness (QED) is 0.758. The standard InChI is InChI=1S/C21H25ClN2OS/c1-21(2,24-11-10-15-6-4-5-7-16(15)13-24)14-23-20(25)18-12-17(26-3)8-9-19(18)22/h4-9,12H,10-11,13-14H2,1-3H3,(H,23,25). The molecule has 1 amide bonds. The van der Waals surface area contributed by atoms with Crippen LogP contribution in [0, 0.1) is 0 Å². The summed E-state index contributed by atoms with van der Waals surface area (Å²) in [6, 6.07) is 14.2. The molecule has 0 fully saturated rings. The van der Waals surface area contributed by atoms with Gasteiger partial charge in [0, 0.05) is 30.1 Å². The maximum atomic E-state index is 12.6. The molecule has 138 valence electrons. The van der Waals surface area contributed by atoms with Crippen molar-refractivity contribution in [2.75, 3.05) is 19.3 Å². The molecular formula is C21H25ClN2OS. The van der Waals surface area contributed by atoms with E-state index in [9.17, 15) is 4.79 Å². The number of halogens is 1. The molecular weight excluding hydrogens is 364 g/mol. The molecule has 0 bridgehead atoms. The monoisotopic (exact) mass is 388 g/mol. The number of thioether (sulfide) groups is 1. The summed E-state index contributed by atoms with van der Waals surface area (Å²) in [5.41, 5.74) is 3.23. The van der Waals surface area contributed by atoms with E-state index in [0.717, 1.165) is 24.4 Å². The van der Waals surface area contributed by atoms with E-state index in [1.165, 1.54) is 11.1 Å². The highest BCUT2D eigenvalue weighted by atomic mass is 35.5. The van der Waals surface area contributed by atoms with E-state index in [-0.39, 0.29) is 11.4 Å². The van der Waals surface area contributed by atoms with E-state index in [2.05, 4.69) is 48.3 Å². The van der Waals surface area contributed by atoms with Crippen molar-refractivity contribution in [2.24, 2.45) is 0 Å². The molecule has 0 aromatic heterocycles. The van der Waals surface area contributed by atoms with Gasteiger partial charge in [0.25, 0.3) is 5.91 Å². The molecule has 2 aromatic rings. The van der Waals surface area contributed by atoms with Crippen molar-refractivity contribution in [1.29, 1.82) is 0 Å². The number of hydrogen-bond acceptors (Lipinski definition) is 3. The molecule has 1 heterocycles. The van der Waals surface area contributed by atoms with Crippen molar-refractivity contribution < 1.29 is 4.79 Å². The van der Waals surface area contributed by atoms with Crippen molar-refractivity contribution in [1.82, 2.24) is 10.2 Å². The van der Waals surface area contributed by atoms with Crippen molar-refractivity contribution in [2.45, 2.75) is 37.2 Å². The molecule has 0 radical (unpaired) electrons. The number of carbonyl (C=O) groups excluding carboxylic acids is 1. The average molecular weight is 389 g/mol. The predicted octanol–water partition coefficient (Wildman–Crippen LogP) is 4.63. The summed E-state index contributed by atoms with van der Waals surface area (Å²) >= 11 is 7.82. The zero-order chi connectivity index (χ0) is 18.7. The normalized spacial score (nSPS) is 14.8. The Kier molecular flexibility index (Phi) is 5.96. The van der Waals surface area contributed by atoms with E-state index in [0.29, 0.717) is 17.1 Å². The Labute approximate surface area is 165 Å². The average Bonchev–Trinajstić information content (AvgIpc) is 2.66. The Bertz CT molecular complexity index is 806. The van der Waals surface area contributed by atoms with Gasteiger partial charge in [-0.25, -0.2) is 0 Å². The number of nitrogens with zero attached hydrogens (tertiary/aromatic N) is 1. The van der Waals surface area contributed by atoms with Crippen LogP contribution >= 0.6 is 23.4 Å². The number of nitrogens with one attached hydrogen (secondary N) is 1. The molecule has 0 saturated carbocycles. The van der Waals surface area contributed by atoms with Crippen LogP contribution in [-0.4, -0.2) is 35.7 Å². The third-order valence-electron chi connectivity index (χ3n) is 5.09. The zero-order valence-corrected chi connectivity index (χ0v) is 17.1. The van der Waals surface area contributed by atoms with Crippen LogP contribution in [0.2, 0.25) is 5.02 Å². The van der Waals surface area contributed by atoms with Gasteiger partial charge in [0.2, 0.25) is 0 Å². The Balaban J connectivity index is 1.66. The first kappa shape index (κ1) is 19.3. The topological polar surface area (TPSA) is 32.3 Å². The van der Waals surface area contributed by atoms with Gasteiger partial charge >= 0.3 is 0 Å². The fourth-order valence-electron chi connectivity index (χ4n) is 3.32. The van der Waals surface area contributed by atoms with Gasteiger partial charge in [-0.1, -0.05) is 35.9 Å². The summed E-state index contributed by atoms with van der Waals surface area (Å²) in [5.74, 6) is -0.114. The highest BCUT2D eigenvalue weighted by Gasteiger charge is 2.30. The van der Waals surface area contributed by atoms with Crippen LogP contribution in [0.3, 0.4) is 0 Å². The molecule has 5 heteroatoms. The molecule has 2 aromatic carbocycles. The summed E-state index contributed by atoms with van der Waals surface area (Å²) in [5, 5.41) is 3.57. The van der Waals surface area contributed by atoms with Gasteiger partial charge in [0.15, 0.2) is 0 Å². The van der Waals surface area contributed by atoms with Gasteiger partial charge in [-0.15, -0.1) is 11.8 Å². The Morgan fingerprint density at radius 2 is 1.96 bits per heavy atom. The first-order valence-electron chi connectivity index (χ1n) is 8.84. The third-order valence-corrected chi connectivity index (χ3v) is 6.14. The molecule has 3 nitrogen and oxygen atoms in total. The highest BCUT2D eigenvalue weighted by Crippen LogP contribution is 2.26. The minimum Gasteiger partial charge on any atom is -0.350 e. The number of fused-ring (bicyclic) bond motifs is 1. The second-order valence-electron chi connectivity index (χ2n) is 7.28. The van der Waals surface area contributed by atoms with Gasteiger partial charge in [-0.05, 0) is 55.9 Å². The van der Waals surface area contributed by atoms with Crippen molar-refractivity contribution >= 4 is 29.3 Å². The molecule has 26 heavy (non-hydrogen) atoms. The van der Waals surface area contributed by atoms with E-state index in [1.54, 1.807) is 17.8 Å². The number of benzene rings is 2. The maximum Gasteiger partial charge on any atom is 0.252 e. The molecule has 0 unspecified atom stereocenters. The summed E-state index contributed by atoms with van der Waals surface area (Å²) in [6.07, 6.45) is 3.04. The molecule has 3 rings (SSSR count). The summed E-state index contributed by atoms with van der Waals surface area (Å²) < 4.78 is 0. The van der Waals surface area contributed by atoms with Crippen LogP contribution < -0.4 is 5.32 Å². The van der Waals surface area contributed by atoms with Crippen LogP contribution in [0.25, 0.3) is 0 Å². The lowest BCUT2D eigenvalue weighted by Crippen LogP contribution is -2.53. The summed E-state index contributed by atoms with van der Waals surface area (Å²) in [4.78, 5) is 16.1. The van der Waals surface area contributed by atoms with Gasteiger partial charge < -0.3 is 5.32 Å². The van der Waals surface area contributed by atoms with Crippen LogP contribution in [-0.2, 0) is 13.0 Å². The first-order chi connectivity index (χ1) is 12.4. The van der Waals surface area contributed by atoms with Crippen LogP contribution in [0.15, 0.2) is 47.4 Å². The second-order valence-corrected chi connectivity index (χ2v) is 8.57. The molecule has 1 N–H and O–H groups in total. The summed E-state index contributed by atoms with van der Waals surface area (Å²) in [6.45, 7) is 6.86. The van der Waals surface area contributed by atoms with Crippen molar-refractivity contribution in [3.63, 3.8) is 0 Å². The number of hydrogen-bond donors (Lipinski definition) is 1. The number of rotatable bonds is 5. The van der Waals surface area contributed by atoms with Gasteiger partial charge in [0.1, 0.15) is 0 Å². The number of amides is 1. The SMILES string of the molecule is CSc1ccc(Cl)c(C(=O)NCC(C)(C)N2CCc3ccccc3C2)c1.